The first-order valence-corrected chi connectivity index (χ1v) is 6.29. The molecule has 19 heavy (non-hydrogen) atoms. The molecule has 0 aliphatic heterocycles. The smallest absolute Gasteiger partial charge is 0.449 e. The van der Waals surface area contributed by atoms with E-state index in [-0.39, 0.29) is 17.7 Å². The van der Waals surface area contributed by atoms with Crippen LogP contribution in [-0.2, 0) is 19.3 Å². The first kappa shape index (κ1) is 14.9. The minimum atomic E-state index is -4.90. The Hall–Kier alpha value is -2.19. The van der Waals surface area contributed by atoms with Crippen molar-refractivity contribution < 1.29 is 31.5 Å². The van der Waals surface area contributed by atoms with E-state index in [1.165, 1.54) is 24.3 Å². The van der Waals surface area contributed by atoms with E-state index in [1.807, 2.05) is 0 Å². The molecule has 0 aliphatic rings. The van der Waals surface area contributed by atoms with Crippen LogP contribution >= 0.6 is 0 Å². The Morgan fingerprint density at radius 1 is 1.26 bits per heavy atom. The highest BCUT2D eigenvalue weighted by molar-refractivity contribution is 7.81. The largest absolute Gasteiger partial charge is 0.458 e. The lowest BCUT2D eigenvalue weighted by Crippen LogP contribution is -2.13. The van der Waals surface area contributed by atoms with Crippen molar-refractivity contribution in [3.05, 3.63) is 48.0 Å². The minimum Gasteiger partial charge on any atom is -0.458 e. The molecule has 0 fully saturated rings. The second-order valence-corrected chi connectivity index (χ2v) is 4.29. The first-order chi connectivity index (χ1) is 8.83. The summed E-state index contributed by atoms with van der Waals surface area (Å²) in [7, 11) is -4.90. The van der Waals surface area contributed by atoms with Crippen LogP contribution in [0.1, 0.15) is 20.7 Å². The number of hydrogen-bond donors (Lipinski definition) is 1. The summed E-state index contributed by atoms with van der Waals surface area (Å²) in [5.74, 6) is -2.01. The van der Waals surface area contributed by atoms with Gasteiger partial charge in [-0.15, -0.1) is 0 Å². The molecule has 0 unspecified atom stereocenters. The van der Waals surface area contributed by atoms with Crippen molar-refractivity contribution in [3.8, 4) is 0 Å². The minimum absolute atomic E-state index is 0.00146. The average Bonchev–Trinajstić information content (AvgIpc) is 2.34. The Kier molecular flexibility index (Phi) is 4.79. The van der Waals surface area contributed by atoms with Crippen LogP contribution in [0.25, 0.3) is 0 Å². The summed E-state index contributed by atoms with van der Waals surface area (Å²) in [5, 5.41) is 0. The van der Waals surface area contributed by atoms with Gasteiger partial charge in [0.05, 0.1) is 11.1 Å². The van der Waals surface area contributed by atoms with Gasteiger partial charge in [0.25, 0.3) is 0 Å². The normalized spacial score (nSPS) is 10.6. The Morgan fingerprint density at radius 3 is 2.37 bits per heavy atom. The number of ether oxygens (including phenoxy) is 1. The molecule has 8 heteroatoms. The molecular formula is C11H10O7S. The van der Waals surface area contributed by atoms with Gasteiger partial charge in [-0.2, -0.15) is 8.42 Å². The van der Waals surface area contributed by atoms with Crippen LogP contribution in [0, 0.1) is 0 Å². The van der Waals surface area contributed by atoms with Crippen molar-refractivity contribution in [1.29, 1.82) is 0 Å². The molecule has 102 valence electrons. The topological polar surface area (TPSA) is 107 Å². The van der Waals surface area contributed by atoms with Crippen molar-refractivity contribution in [2.75, 3.05) is 6.61 Å². The maximum atomic E-state index is 11.5. The summed E-state index contributed by atoms with van der Waals surface area (Å²) in [6.07, 6.45) is 1.37. The average molecular weight is 286 g/mol. The van der Waals surface area contributed by atoms with Crippen molar-refractivity contribution in [2.45, 2.75) is 0 Å². The molecule has 1 N–H and O–H groups in total. The number of rotatable bonds is 5. The predicted octanol–water partition coefficient (Wildman–Crippen LogP) is 0.989. The second-order valence-electron chi connectivity index (χ2n) is 3.27. The van der Waals surface area contributed by atoms with Gasteiger partial charge < -0.3 is 8.92 Å². The summed E-state index contributed by atoms with van der Waals surface area (Å²) in [4.78, 5) is 22.8. The van der Waals surface area contributed by atoms with E-state index < -0.39 is 22.3 Å². The van der Waals surface area contributed by atoms with E-state index in [1.54, 1.807) is 0 Å². The van der Waals surface area contributed by atoms with Crippen molar-refractivity contribution >= 4 is 22.3 Å². The number of carbonyl (C=O) groups is 2. The van der Waals surface area contributed by atoms with Crippen LogP contribution in [0.4, 0.5) is 0 Å². The lowest BCUT2D eigenvalue weighted by molar-refractivity contribution is 0.0549. The van der Waals surface area contributed by atoms with Gasteiger partial charge in [0.2, 0.25) is 0 Å². The van der Waals surface area contributed by atoms with Crippen LogP contribution in [-0.4, -0.2) is 31.5 Å². The molecule has 0 atom stereocenters. The van der Waals surface area contributed by atoms with Gasteiger partial charge in [0.15, 0.2) is 0 Å². The standard InChI is InChI=1S/C11H10O7S/c1-2-6-17-10(12)8-4-3-5-9(7-8)11(13)18-19(14,15)16/h2-5,7H,1,6H2,(H,14,15,16). The maximum absolute atomic E-state index is 11.5. The van der Waals surface area contributed by atoms with Crippen LogP contribution in [0.5, 0.6) is 0 Å². The molecule has 0 amide bonds. The summed E-state index contributed by atoms with van der Waals surface area (Å²) < 4.78 is 37.6. The molecule has 1 aromatic rings. The van der Waals surface area contributed by atoms with Crippen molar-refractivity contribution in [3.63, 3.8) is 0 Å². The van der Waals surface area contributed by atoms with Crippen molar-refractivity contribution in [2.24, 2.45) is 0 Å². The first-order valence-electron chi connectivity index (χ1n) is 4.93. The van der Waals surface area contributed by atoms with Crippen LogP contribution in [0.15, 0.2) is 36.9 Å². The summed E-state index contributed by atoms with van der Waals surface area (Å²) in [6.45, 7) is 3.37. The maximum Gasteiger partial charge on any atom is 0.449 e. The monoisotopic (exact) mass is 286 g/mol. The zero-order valence-corrected chi connectivity index (χ0v) is 10.4. The van der Waals surface area contributed by atoms with E-state index in [2.05, 4.69) is 10.8 Å². The van der Waals surface area contributed by atoms with Crippen LogP contribution < -0.4 is 0 Å². The molecule has 0 radical (unpaired) electrons. The summed E-state index contributed by atoms with van der Waals surface area (Å²) >= 11 is 0. The van der Waals surface area contributed by atoms with E-state index in [4.69, 9.17) is 9.29 Å². The molecule has 0 heterocycles. The molecule has 0 saturated carbocycles. The Bertz CT molecular complexity index is 603. The third-order valence-electron chi connectivity index (χ3n) is 1.85. The van der Waals surface area contributed by atoms with E-state index in [0.717, 1.165) is 6.07 Å². The molecule has 1 aromatic carbocycles. The Balaban J connectivity index is 2.91. The fourth-order valence-corrected chi connectivity index (χ4v) is 1.42. The number of carbonyl (C=O) groups excluding carboxylic acids is 2. The van der Waals surface area contributed by atoms with Crippen molar-refractivity contribution in [1.82, 2.24) is 0 Å². The number of benzene rings is 1. The fraction of sp³-hybridized carbons (Fsp3) is 0.0909. The molecule has 0 spiro atoms. The highest BCUT2D eigenvalue weighted by Crippen LogP contribution is 2.09. The lowest BCUT2D eigenvalue weighted by atomic mass is 10.1. The molecule has 0 bridgehead atoms. The molecule has 0 aromatic heterocycles. The highest BCUT2D eigenvalue weighted by atomic mass is 32.3. The van der Waals surface area contributed by atoms with Gasteiger partial charge in [-0.05, 0) is 18.2 Å². The van der Waals surface area contributed by atoms with E-state index in [0.29, 0.717) is 0 Å². The third-order valence-corrected chi connectivity index (χ3v) is 2.21. The molecule has 0 aliphatic carbocycles. The number of esters is 1. The molecular weight excluding hydrogens is 276 g/mol. The second kappa shape index (κ2) is 6.12. The molecule has 0 saturated heterocycles. The zero-order valence-electron chi connectivity index (χ0n) is 9.61. The van der Waals surface area contributed by atoms with Gasteiger partial charge in [0, 0.05) is 0 Å². The lowest BCUT2D eigenvalue weighted by Gasteiger charge is -2.04. The van der Waals surface area contributed by atoms with Crippen LogP contribution in [0.3, 0.4) is 0 Å². The van der Waals surface area contributed by atoms with Gasteiger partial charge in [-0.3, -0.25) is 4.55 Å². The SMILES string of the molecule is C=CCOC(=O)c1cccc(C(=O)OS(=O)(=O)O)c1. The van der Waals surface area contributed by atoms with Gasteiger partial charge in [0.1, 0.15) is 6.61 Å². The number of hydrogen-bond acceptors (Lipinski definition) is 6. The summed E-state index contributed by atoms with van der Waals surface area (Å²) in [5.41, 5.74) is -0.183. The summed E-state index contributed by atoms with van der Waals surface area (Å²) in [6, 6.07) is 5.01. The van der Waals surface area contributed by atoms with Crippen LogP contribution in [0.2, 0.25) is 0 Å². The Morgan fingerprint density at radius 2 is 1.84 bits per heavy atom. The van der Waals surface area contributed by atoms with E-state index >= 15 is 0 Å². The van der Waals surface area contributed by atoms with Gasteiger partial charge in [-0.25, -0.2) is 9.59 Å². The quantitative estimate of drug-likeness (QED) is 0.488. The zero-order chi connectivity index (χ0) is 14.5. The Labute approximate surface area is 109 Å². The highest BCUT2D eigenvalue weighted by Gasteiger charge is 2.17. The fourth-order valence-electron chi connectivity index (χ4n) is 1.13. The van der Waals surface area contributed by atoms with Gasteiger partial charge in [-0.1, -0.05) is 18.7 Å². The molecule has 7 nitrogen and oxygen atoms in total. The van der Waals surface area contributed by atoms with E-state index in [9.17, 15) is 18.0 Å². The molecule has 1 rings (SSSR count). The van der Waals surface area contributed by atoms with Gasteiger partial charge >= 0.3 is 22.3 Å². The predicted molar refractivity (Wildman–Crippen MR) is 63.9 cm³/mol. The third kappa shape index (κ3) is 4.90.